The monoisotopic (exact) mass is 158 g/mol. The molecule has 0 aliphatic carbocycles. The minimum atomic E-state index is -0.296. The van der Waals surface area contributed by atoms with Crippen LogP contribution in [0.3, 0.4) is 0 Å². The molecular weight excluding hydrogens is 140 g/mol. The van der Waals surface area contributed by atoms with Crippen LogP contribution in [0.25, 0.3) is 0 Å². The van der Waals surface area contributed by atoms with Crippen molar-refractivity contribution in [1.29, 1.82) is 0 Å². The average molecular weight is 158 g/mol. The summed E-state index contributed by atoms with van der Waals surface area (Å²) >= 11 is 0. The highest BCUT2D eigenvalue weighted by Gasteiger charge is 1.98. The molecule has 66 valence electrons. The van der Waals surface area contributed by atoms with Gasteiger partial charge in [0.05, 0.1) is 6.10 Å². The van der Waals surface area contributed by atoms with Crippen LogP contribution >= 0.6 is 0 Å². The van der Waals surface area contributed by atoms with E-state index in [0.29, 0.717) is 0 Å². The lowest BCUT2D eigenvalue weighted by Gasteiger charge is -2.04. The van der Waals surface area contributed by atoms with E-state index in [1.54, 1.807) is 7.11 Å². The summed E-state index contributed by atoms with van der Waals surface area (Å²) in [6.07, 6.45) is 3.28. The smallest absolute Gasteiger partial charge is 0.0724 e. The molecule has 0 heterocycles. The van der Waals surface area contributed by atoms with Gasteiger partial charge in [0.25, 0.3) is 0 Å². The van der Waals surface area contributed by atoms with E-state index in [9.17, 15) is 5.11 Å². The topological polar surface area (TPSA) is 29.5 Å². The Morgan fingerprint density at radius 2 is 2.18 bits per heavy atom. The zero-order valence-electron chi connectivity index (χ0n) is 7.63. The van der Waals surface area contributed by atoms with Gasteiger partial charge in [-0.1, -0.05) is 11.6 Å². The Balaban J connectivity index is 3.37. The summed E-state index contributed by atoms with van der Waals surface area (Å²) in [5, 5.41) is 9.31. The predicted octanol–water partition coefficient (Wildman–Crippen LogP) is 1.74. The molecule has 2 heteroatoms. The van der Waals surface area contributed by atoms with Crippen molar-refractivity contribution >= 4 is 0 Å². The quantitative estimate of drug-likeness (QED) is 0.488. The minimum absolute atomic E-state index is 0.296. The van der Waals surface area contributed by atoms with Gasteiger partial charge < -0.3 is 9.84 Å². The maximum atomic E-state index is 9.31. The van der Waals surface area contributed by atoms with E-state index < -0.39 is 0 Å². The Kier molecular flexibility index (Phi) is 6.18. The van der Waals surface area contributed by atoms with Crippen LogP contribution in [0.5, 0.6) is 0 Å². The Morgan fingerprint density at radius 1 is 1.55 bits per heavy atom. The average Bonchev–Trinajstić information content (AvgIpc) is 1.86. The molecule has 0 aliphatic rings. The molecule has 0 amide bonds. The molecule has 0 aromatic heterocycles. The molecule has 0 aromatic carbocycles. The highest BCUT2D eigenvalue weighted by atomic mass is 16.5. The lowest BCUT2D eigenvalue weighted by Crippen LogP contribution is -2.04. The predicted molar refractivity (Wildman–Crippen MR) is 46.5 cm³/mol. The van der Waals surface area contributed by atoms with Crippen molar-refractivity contribution in [3.63, 3.8) is 0 Å². The van der Waals surface area contributed by atoms with Crippen LogP contribution in [0, 0.1) is 0 Å². The molecule has 0 spiro atoms. The first-order valence-electron chi connectivity index (χ1n) is 3.99. The van der Waals surface area contributed by atoms with Gasteiger partial charge >= 0.3 is 0 Å². The fourth-order valence-corrected chi connectivity index (χ4v) is 0.905. The van der Waals surface area contributed by atoms with Gasteiger partial charge in [-0.15, -0.1) is 0 Å². The number of methoxy groups -OCH3 is 1. The van der Waals surface area contributed by atoms with E-state index >= 15 is 0 Å². The molecule has 0 saturated heterocycles. The second-order valence-corrected chi connectivity index (χ2v) is 2.95. The van der Waals surface area contributed by atoms with Crippen molar-refractivity contribution in [3.8, 4) is 0 Å². The van der Waals surface area contributed by atoms with Gasteiger partial charge in [-0.05, 0) is 26.7 Å². The normalized spacial score (nSPS) is 12.7. The molecular formula is C9H18O2. The van der Waals surface area contributed by atoms with Crippen LogP contribution in [0.1, 0.15) is 26.7 Å². The van der Waals surface area contributed by atoms with Crippen LogP contribution in [-0.2, 0) is 4.74 Å². The third kappa shape index (κ3) is 7.56. The summed E-state index contributed by atoms with van der Waals surface area (Å²) in [6.45, 7) is 4.70. The van der Waals surface area contributed by atoms with E-state index in [0.717, 1.165) is 25.0 Å². The summed E-state index contributed by atoms with van der Waals surface area (Å²) in [5.41, 5.74) is 1.16. The van der Waals surface area contributed by atoms with Crippen LogP contribution in [0.15, 0.2) is 11.6 Å². The van der Waals surface area contributed by atoms with Crippen molar-refractivity contribution in [2.24, 2.45) is 0 Å². The van der Waals surface area contributed by atoms with E-state index in [4.69, 9.17) is 4.74 Å². The summed E-state index contributed by atoms with van der Waals surface area (Å²) in [5.74, 6) is 0. The molecule has 0 saturated carbocycles. The molecule has 0 aromatic rings. The summed E-state index contributed by atoms with van der Waals surface area (Å²) in [4.78, 5) is 0. The van der Waals surface area contributed by atoms with Gasteiger partial charge in [0.1, 0.15) is 0 Å². The van der Waals surface area contributed by atoms with Crippen molar-refractivity contribution in [3.05, 3.63) is 11.6 Å². The Hall–Kier alpha value is -0.340. The standard InChI is InChI=1S/C9H18O2/c1-8(2)7-9(10)5-4-6-11-3/h7,9-10H,4-6H2,1-3H3. The molecule has 0 aliphatic heterocycles. The van der Waals surface area contributed by atoms with Crippen molar-refractivity contribution < 1.29 is 9.84 Å². The first kappa shape index (κ1) is 10.7. The molecule has 0 rings (SSSR count). The lowest BCUT2D eigenvalue weighted by atomic mass is 10.1. The highest BCUT2D eigenvalue weighted by molar-refractivity contribution is 4.97. The molecule has 0 radical (unpaired) electrons. The second kappa shape index (κ2) is 6.38. The lowest BCUT2D eigenvalue weighted by molar-refractivity contribution is 0.160. The Labute approximate surface area is 68.9 Å². The maximum Gasteiger partial charge on any atom is 0.0724 e. The van der Waals surface area contributed by atoms with E-state index in [1.807, 2.05) is 19.9 Å². The molecule has 11 heavy (non-hydrogen) atoms. The first-order valence-corrected chi connectivity index (χ1v) is 3.99. The fourth-order valence-electron chi connectivity index (χ4n) is 0.905. The first-order chi connectivity index (χ1) is 5.16. The van der Waals surface area contributed by atoms with Crippen molar-refractivity contribution in [2.75, 3.05) is 13.7 Å². The summed E-state index contributed by atoms with van der Waals surface area (Å²) in [7, 11) is 1.67. The molecule has 0 bridgehead atoms. The number of rotatable bonds is 5. The molecule has 1 unspecified atom stereocenters. The van der Waals surface area contributed by atoms with Crippen LogP contribution < -0.4 is 0 Å². The third-order valence-corrected chi connectivity index (χ3v) is 1.37. The van der Waals surface area contributed by atoms with Crippen LogP contribution in [0.2, 0.25) is 0 Å². The summed E-state index contributed by atoms with van der Waals surface area (Å²) in [6, 6.07) is 0. The van der Waals surface area contributed by atoms with E-state index in [-0.39, 0.29) is 6.10 Å². The minimum Gasteiger partial charge on any atom is -0.389 e. The third-order valence-electron chi connectivity index (χ3n) is 1.37. The van der Waals surface area contributed by atoms with Gasteiger partial charge in [-0.2, -0.15) is 0 Å². The molecule has 2 nitrogen and oxygen atoms in total. The zero-order chi connectivity index (χ0) is 8.69. The van der Waals surface area contributed by atoms with Crippen LogP contribution in [-0.4, -0.2) is 24.9 Å². The second-order valence-electron chi connectivity index (χ2n) is 2.95. The SMILES string of the molecule is COCCCC(O)C=C(C)C. The number of aliphatic hydroxyl groups is 1. The van der Waals surface area contributed by atoms with Gasteiger partial charge in [-0.25, -0.2) is 0 Å². The van der Waals surface area contributed by atoms with E-state index in [1.165, 1.54) is 0 Å². The highest BCUT2D eigenvalue weighted by Crippen LogP contribution is 2.01. The summed E-state index contributed by atoms with van der Waals surface area (Å²) < 4.78 is 4.87. The van der Waals surface area contributed by atoms with Gasteiger partial charge in [0, 0.05) is 13.7 Å². The number of hydrogen-bond donors (Lipinski definition) is 1. The van der Waals surface area contributed by atoms with Gasteiger partial charge in [0.2, 0.25) is 0 Å². The van der Waals surface area contributed by atoms with Crippen molar-refractivity contribution in [2.45, 2.75) is 32.8 Å². The van der Waals surface area contributed by atoms with Crippen molar-refractivity contribution in [1.82, 2.24) is 0 Å². The van der Waals surface area contributed by atoms with E-state index in [2.05, 4.69) is 0 Å². The van der Waals surface area contributed by atoms with Gasteiger partial charge in [-0.3, -0.25) is 0 Å². The Bertz CT molecular complexity index is 115. The number of allylic oxidation sites excluding steroid dienone is 1. The molecule has 0 fully saturated rings. The molecule has 1 atom stereocenters. The number of hydrogen-bond acceptors (Lipinski definition) is 2. The Morgan fingerprint density at radius 3 is 2.64 bits per heavy atom. The van der Waals surface area contributed by atoms with Crippen LogP contribution in [0.4, 0.5) is 0 Å². The number of ether oxygens (including phenoxy) is 1. The van der Waals surface area contributed by atoms with Gasteiger partial charge in [0.15, 0.2) is 0 Å². The zero-order valence-corrected chi connectivity index (χ0v) is 7.63. The fraction of sp³-hybridized carbons (Fsp3) is 0.778. The maximum absolute atomic E-state index is 9.31. The number of aliphatic hydroxyl groups excluding tert-OH is 1. The molecule has 1 N–H and O–H groups in total. The largest absolute Gasteiger partial charge is 0.389 e.